The average molecular weight is 276 g/mol. The zero-order valence-corrected chi connectivity index (χ0v) is 9.64. The Hall–Kier alpha value is -0.800. The Balaban J connectivity index is 3.01. The van der Waals surface area contributed by atoms with Crippen molar-refractivity contribution in [3.8, 4) is 5.75 Å². The molecule has 0 aliphatic carbocycles. The number of aldehydes is 1. The zero-order chi connectivity index (χ0) is 10.6. The van der Waals surface area contributed by atoms with Crippen LogP contribution in [0.15, 0.2) is 29.3 Å². The van der Waals surface area contributed by atoms with Gasteiger partial charge in [0.2, 0.25) is 0 Å². The van der Waals surface area contributed by atoms with Crippen LogP contribution in [-0.2, 0) is 0 Å². The first-order valence-corrected chi connectivity index (χ1v) is 5.04. The number of carbonyl (C=O) groups is 1. The molecule has 74 valence electrons. The average Bonchev–Trinajstić information content (AvgIpc) is 2.18. The van der Waals surface area contributed by atoms with Crippen molar-refractivity contribution in [3.63, 3.8) is 0 Å². The molecule has 0 bridgehead atoms. The van der Waals surface area contributed by atoms with Crippen LogP contribution in [-0.4, -0.2) is 12.9 Å². The smallest absolute Gasteiger partial charge is 0.151 e. The second-order valence-electron chi connectivity index (χ2n) is 2.52. The van der Waals surface area contributed by atoms with E-state index in [4.69, 9.17) is 16.3 Å². The number of ether oxygens (including phenoxy) is 1. The van der Waals surface area contributed by atoms with Gasteiger partial charge in [0.1, 0.15) is 12.4 Å². The minimum atomic E-state index is 0.377. The van der Waals surface area contributed by atoms with Crippen LogP contribution in [0.3, 0.4) is 0 Å². The molecule has 0 aromatic heterocycles. The molecule has 0 radical (unpaired) electrons. The quantitative estimate of drug-likeness (QED) is 0.621. The molecule has 0 unspecified atom stereocenters. The molecule has 0 atom stereocenters. The third-order valence-corrected chi connectivity index (χ3v) is 2.48. The van der Waals surface area contributed by atoms with E-state index in [1.165, 1.54) is 0 Å². The van der Waals surface area contributed by atoms with Crippen LogP contribution in [0.2, 0.25) is 5.02 Å². The van der Waals surface area contributed by atoms with E-state index in [2.05, 4.69) is 22.5 Å². The summed E-state index contributed by atoms with van der Waals surface area (Å²) < 4.78 is 6.00. The maximum absolute atomic E-state index is 10.5. The highest BCUT2D eigenvalue weighted by Crippen LogP contribution is 2.30. The molecule has 0 N–H and O–H groups in total. The molecule has 0 saturated carbocycles. The van der Waals surface area contributed by atoms with E-state index in [1.54, 1.807) is 18.2 Å². The largest absolute Gasteiger partial charge is 0.488 e. The van der Waals surface area contributed by atoms with Crippen molar-refractivity contribution in [3.05, 3.63) is 39.8 Å². The summed E-state index contributed by atoms with van der Waals surface area (Å²) in [5, 5.41) is 0.377. The van der Waals surface area contributed by atoms with Gasteiger partial charge in [-0.05, 0) is 22.0 Å². The highest BCUT2D eigenvalue weighted by Gasteiger charge is 2.06. The fourth-order valence-corrected chi connectivity index (χ4v) is 1.57. The van der Waals surface area contributed by atoms with Crippen molar-refractivity contribution < 1.29 is 9.53 Å². The lowest BCUT2D eigenvalue weighted by Gasteiger charge is -2.07. The van der Waals surface area contributed by atoms with Crippen molar-refractivity contribution >= 4 is 33.8 Å². The van der Waals surface area contributed by atoms with Gasteiger partial charge in [-0.1, -0.05) is 24.3 Å². The lowest BCUT2D eigenvalue weighted by atomic mass is 10.2. The summed E-state index contributed by atoms with van der Waals surface area (Å²) >= 11 is 9.10. The fourth-order valence-electron chi connectivity index (χ4n) is 0.894. The lowest BCUT2D eigenvalue weighted by Crippen LogP contribution is -1.95. The Labute approximate surface area is 95.6 Å². The Kier molecular flexibility index (Phi) is 4.17. The Morgan fingerprint density at radius 1 is 1.57 bits per heavy atom. The standard InChI is InChI=1S/C10H8BrClO2/c1-2-3-14-10-5-9(12)7(6-13)4-8(10)11/h2,4-6H,1,3H2. The van der Waals surface area contributed by atoms with Gasteiger partial charge in [0, 0.05) is 11.6 Å². The Bertz CT molecular complexity index is 363. The molecule has 0 aliphatic heterocycles. The first-order chi connectivity index (χ1) is 6.69. The van der Waals surface area contributed by atoms with E-state index < -0.39 is 0 Å². The van der Waals surface area contributed by atoms with Crippen molar-refractivity contribution in [2.24, 2.45) is 0 Å². The molecule has 0 amide bonds. The van der Waals surface area contributed by atoms with E-state index >= 15 is 0 Å². The molecule has 2 nitrogen and oxygen atoms in total. The van der Waals surface area contributed by atoms with E-state index in [9.17, 15) is 4.79 Å². The molecule has 0 saturated heterocycles. The third-order valence-electron chi connectivity index (χ3n) is 1.53. The second-order valence-corrected chi connectivity index (χ2v) is 3.78. The summed E-state index contributed by atoms with van der Waals surface area (Å²) in [4.78, 5) is 10.5. The predicted octanol–water partition coefficient (Wildman–Crippen LogP) is 3.48. The molecule has 0 aliphatic rings. The van der Waals surface area contributed by atoms with Gasteiger partial charge in [0.15, 0.2) is 6.29 Å². The molecule has 0 fully saturated rings. The molecule has 1 aromatic rings. The number of halogens is 2. The summed E-state index contributed by atoms with van der Waals surface area (Å²) in [5.74, 6) is 0.598. The van der Waals surface area contributed by atoms with Crippen molar-refractivity contribution in [2.45, 2.75) is 0 Å². The first-order valence-electron chi connectivity index (χ1n) is 3.87. The molecule has 1 rings (SSSR count). The molecule has 0 heterocycles. The van der Waals surface area contributed by atoms with Gasteiger partial charge in [-0.15, -0.1) is 0 Å². The van der Waals surface area contributed by atoms with E-state index in [0.29, 0.717) is 33.7 Å². The maximum atomic E-state index is 10.5. The van der Waals surface area contributed by atoms with E-state index in [1.807, 2.05) is 0 Å². The number of carbonyl (C=O) groups excluding carboxylic acids is 1. The van der Waals surface area contributed by atoms with Crippen LogP contribution >= 0.6 is 27.5 Å². The topological polar surface area (TPSA) is 26.3 Å². The molecule has 0 spiro atoms. The van der Waals surface area contributed by atoms with Crippen LogP contribution in [0.5, 0.6) is 5.75 Å². The van der Waals surface area contributed by atoms with Crippen LogP contribution in [0.4, 0.5) is 0 Å². The van der Waals surface area contributed by atoms with Crippen molar-refractivity contribution in [2.75, 3.05) is 6.61 Å². The Morgan fingerprint density at radius 2 is 2.29 bits per heavy atom. The fraction of sp³-hybridized carbons (Fsp3) is 0.100. The van der Waals surface area contributed by atoms with E-state index in [-0.39, 0.29) is 0 Å². The minimum absolute atomic E-state index is 0.377. The van der Waals surface area contributed by atoms with Crippen molar-refractivity contribution in [1.29, 1.82) is 0 Å². The third kappa shape index (κ3) is 2.59. The van der Waals surface area contributed by atoms with Crippen molar-refractivity contribution in [1.82, 2.24) is 0 Å². The highest BCUT2D eigenvalue weighted by molar-refractivity contribution is 9.10. The minimum Gasteiger partial charge on any atom is -0.488 e. The molecule has 1 aromatic carbocycles. The summed E-state index contributed by atoms with van der Waals surface area (Å²) in [6.07, 6.45) is 2.33. The monoisotopic (exact) mass is 274 g/mol. The van der Waals surface area contributed by atoms with Gasteiger partial charge in [0.25, 0.3) is 0 Å². The molecular weight excluding hydrogens is 267 g/mol. The number of hydrogen-bond acceptors (Lipinski definition) is 2. The van der Waals surface area contributed by atoms with Crippen LogP contribution < -0.4 is 4.74 Å². The van der Waals surface area contributed by atoms with Gasteiger partial charge in [-0.25, -0.2) is 0 Å². The normalized spacial score (nSPS) is 9.57. The molecular formula is C10H8BrClO2. The van der Waals surface area contributed by atoms with Gasteiger partial charge in [-0.2, -0.15) is 0 Å². The maximum Gasteiger partial charge on any atom is 0.151 e. The molecule has 14 heavy (non-hydrogen) atoms. The predicted molar refractivity (Wildman–Crippen MR) is 60.2 cm³/mol. The van der Waals surface area contributed by atoms with Gasteiger partial charge in [-0.3, -0.25) is 4.79 Å². The second kappa shape index (κ2) is 5.17. The number of hydrogen-bond donors (Lipinski definition) is 0. The summed E-state index contributed by atoms with van der Waals surface area (Å²) in [7, 11) is 0. The van der Waals surface area contributed by atoms with Crippen LogP contribution in [0, 0.1) is 0 Å². The van der Waals surface area contributed by atoms with Crippen LogP contribution in [0.1, 0.15) is 10.4 Å². The summed E-state index contributed by atoms with van der Waals surface area (Å²) in [6.45, 7) is 3.93. The number of benzene rings is 1. The van der Waals surface area contributed by atoms with Gasteiger partial charge in [0.05, 0.1) is 9.50 Å². The summed E-state index contributed by atoms with van der Waals surface area (Å²) in [5.41, 5.74) is 0.435. The van der Waals surface area contributed by atoms with E-state index in [0.717, 1.165) is 0 Å². The van der Waals surface area contributed by atoms with Crippen LogP contribution in [0.25, 0.3) is 0 Å². The number of rotatable bonds is 4. The van der Waals surface area contributed by atoms with Gasteiger partial charge < -0.3 is 4.74 Å². The highest BCUT2D eigenvalue weighted by atomic mass is 79.9. The SMILES string of the molecule is C=CCOc1cc(Cl)c(C=O)cc1Br. The van der Waals surface area contributed by atoms with Gasteiger partial charge >= 0.3 is 0 Å². The first kappa shape index (κ1) is 11.3. The molecule has 4 heteroatoms. The lowest BCUT2D eigenvalue weighted by molar-refractivity contribution is 0.112. The Morgan fingerprint density at radius 3 is 2.86 bits per heavy atom. The summed E-state index contributed by atoms with van der Waals surface area (Å²) in [6, 6.07) is 3.21. The zero-order valence-electron chi connectivity index (χ0n) is 7.30.